The Morgan fingerprint density at radius 3 is 2.48 bits per heavy atom. The van der Waals surface area contributed by atoms with Gasteiger partial charge in [0.2, 0.25) is 15.9 Å². The van der Waals surface area contributed by atoms with Crippen LogP contribution in [0.15, 0.2) is 21.7 Å². The summed E-state index contributed by atoms with van der Waals surface area (Å²) in [7, 11) is -3.63. The van der Waals surface area contributed by atoms with E-state index in [0.717, 1.165) is 6.26 Å². The summed E-state index contributed by atoms with van der Waals surface area (Å²) < 4.78 is 54.7. The minimum atomic E-state index is -3.63. The zero-order valence-corrected chi connectivity index (χ0v) is 13.0. The van der Waals surface area contributed by atoms with E-state index in [0.29, 0.717) is 0 Å². The van der Waals surface area contributed by atoms with Crippen LogP contribution in [0.5, 0.6) is 0 Å². The number of nitrogens with zero attached hydrogens (tertiary/aromatic N) is 3. The lowest BCUT2D eigenvalue weighted by atomic mass is 9.97. The number of aromatic nitrogens is 2. The first kappa shape index (κ1) is 19.9. The molecule has 1 N–H and O–H groups in total. The average molecular weight is 365 g/mol. The van der Waals surface area contributed by atoms with E-state index in [1.165, 1.54) is 12.4 Å². The summed E-state index contributed by atoms with van der Waals surface area (Å²) in [5, 5.41) is 6.65. The Labute approximate surface area is 131 Å². The van der Waals surface area contributed by atoms with Crippen LogP contribution in [0, 0.1) is 0 Å². The van der Waals surface area contributed by atoms with Crippen molar-refractivity contribution in [2.45, 2.75) is 18.4 Å². The van der Waals surface area contributed by atoms with Crippen LogP contribution < -0.4 is 4.72 Å². The van der Waals surface area contributed by atoms with Crippen LogP contribution in [0.3, 0.4) is 0 Å². The highest BCUT2D eigenvalue weighted by molar-refractivity contribution is 7.88. The summed E-state index contributed by atoms with van der Waals surface area (Å²) in [6, 6.07) is 0. The summed E-state index contributed by atoms with van der Waals surface area (Å²) in [6.07, 6.45) is 2.39. The zero-order chi connectivity index (χ0) is 14.1. The van der Waals surface area contributed by atoms with E-state index >= 15 is 0 Å². The molecule has 12 heteroatoms. The van der Waals surface area contributed by atoms with Crippen molar-refractivity contribution < 1.29 is 21.6 Å². The maximum absolute atomic E-state index is 12.4. The molecular weight excluding hydrogens is 353 g/mol. The van der Waals surface area contributed by atoms with Crippen molar-refractivity contribution in [1.82, 2.24) is 14.9 Å². The van der Waals surface area contributed by atoms with Crippen LogP contribution in [0.4, 0.5) is 8.78 Å². The highest BCUT2D eigenvalue weighted by Gasteiger charge is 2.39. The van der Waals surface area contributed by atoms with E-state index < -0.39 is 27.9 Å². The predicted molar refractivity (Wildman–Crippen MR) is 75.7 cm³/mol. The predicted octanol–water partition coefficient (Wildman–Crippen LogP) is 1.58. The van der Waals surface area contributed by atoms with Crippen LogP contribution >= 0.6 is 24.8 Å². The Morgan fingerprint density at radius 2 is 2.05 bits per heavy atom. The molecule has 21 heavy (non-hydrogen) atoms. The average Bonchev–Trinajstić information content (AvgIpc) is 2.77. The first-order valence-electron chi connectivity index (χ1n) is 5.13. The summed E-state index contributed by atoms with van der Waals surface area (Å²) >= 11 is 0. The molecule has 0 amide bonds. The van der Waals surface area contributed by atoms with Gasteiger partial charge in [-0.05, 0) is 0 Å². The lowest BCUT2D eigenvalue weighted by Crippen LogP contribution is -2.47. The van der Waals surface area contributed by atoms with Gasteiger partial charge in [0.05, 0.1) is 6.26 Å². The molecule has 0 aromatic carbocycles. The second-order valence-corrected chi connectivity index (χ2v) is 5.71. The normalized spacial score (nSPS) is 21.0. The second-order valence-electron chi connectivity index (χ2n) is 3.96. The maximum atomic E-state index is 12.4. The molecular formula is C9H12Cl2F2N4O3S. The number of aliphatic imine (C=N–C) groups is 1. The molecule has 1 aromatic heterocycles. The molecule has 1 aliphatic rings. The first-order chi connectivity index (χ1) is 8.82. The maximum Gasteiger partial charge on any atom is 0.314 e. The van der Waals surface area contributed by atoms with Crippen LogP contribution in [-0.2, 0) is 15.6 Å². The Kier molecular flexibility index (Phi) is 6.87. The van der Waals surface area contributed by atoms with Crippen molar-refractivity contribution in [3.8, 4) is 0 Å². The molecule has 0 aliphatic carbocycles. The summed E-state index contributed by atoms with van der Waals surface area (Å²) in [5.74, 6) is -1.14. The molecule has 0 fully saturated rings. The number of halogens is 4. The topological polar surface area (TPSA) is 97.5 Å². The van der Waals surface area contributed by atoms with Gasteiger partial charge < -0.3 is 4.42 Å². The van der Waals surface area contributed by atoms with E-state index in [2.05, 4.69) is 19.9 Å². The van der Waals surface area contributed by atoms with E-state index in [9.17, 15) is 17.2 Å². The van der Waals surface area contributed by atoms with Crippen molar-refractivity contribution in [3.05, 3.63) is 24.1 Å². The second kappa shape index (κ2) is 7.25. The third-order valence-corrected chi connectivity index (χ3v) is 3.04. The molecule has 1 aromatic rings. The molecule has 1 atom stereocenters. The van der Waals surface area contributed by atoms with Gasteiger partial charge in [0, 0.05) is 18.8 Å². The molecule has 2 rings (SSSR count). The van der Waals surface area contributed by atoms with E-state index in [1.807, 2.05) is 0 Å². The van der Waals surface area contributed by atoms with Gasteiger partial charge in [0.15, 0.2) is 0 Å². The van der Waals surface area contributed by atoms with E-state index in [1.54, 1.807) is 6.08 Å². The number of hydrogen-bond donors (Lipinski definition) is 1. The van der Waals surface area contributed by atoms with Crippen molar-refractivity contribution in [2.75, 3.05) is 6.26 Å². The number of hydrogen-bond acceptors (Lipinski definition) is 6. The standard InChI is InChI=1S/C9H10F2N4O3S.2ClH/c1-19(16,17)15-9(3-2-4-12-5-9)8-14-13-7(18-8)6(10)11;;/h2,4-6,15H,3H2,1H3;2*1H. The first-order valence-corrected chi connectivity index (χ1v) is 7.02. The number of rotatable bonds is 4. The smallest absolute Gasteiger partial charge is 0.314 e. The fourth-order valence-electron chi connectivity index (χ4n) is 1.61. The van der Waals surface area contributed by atoms with Gasteiger partial charge in [0.1, 0.15) is 5.54 Å². The number of alkyl halides is 2. The molecule has 0 radical (unpaired) electrons. The molecule has 1 aliphatic heterocycles. The summed E-state index contributed by atoms with van der Waals surface area (Å²) in [4.78, 5) is 3.80. The van der Waals surface area contributed by atoms with Gasteiger partial charge in [-0.15, -0.1) is 35.0 Å². The van der Waals surface area contributed by atoms with Gasteiger partial charge >= 0.3 is 6.43 Å². The van der Waals surface area contributed by atoms with Crippen molar-refractivity contribution in [2.24, 2.45) is 4.99 Å². The lowest BCUT2D eigenvalue weighted by Gasteiger charge is -2.26. The fraction of sp³-hybridized carbons (Fsp3) is 0.444. The van der Waals surface area contributed by atoms with Crippen LogP contribution in [0.1, 0.15) is 24.6 Å². The highest BCUT2D eigenvalue weighted by atomic mass is 35.5. The van der Waals surface area contributed by atoms with Crippen molar-refractivity contribution >= 4 is 41.1 Å². The summed E-state index contributed by atoms with van der Waals surface area (Å²) in [5.41, 5.74) is -1.43. The molecule has 0 saturated heterocycles. The van der Waals surface area contributed by atoms with Gasteiger partial charge in [-0.3, -0.25) is 4.99 Å². The highest BCUT2D eigenvalue weighted by Crippen LogP contribution is 2.28. The molecule has 120 valence electrons. The van der Waals surface area contributed by atoms with Crippen LogP contribution in [0.25, 0.3) is 0 Å². The Bertz CT molecular complexity index is 635. The number of sulfonamides is 1. The van der Waals surface area contributed by atoms with E-state index in [4.69, 9.17) is 4.42 Å². The largest absolute Gasteiger partial charge is 0.417 e. The zero-order valence-electron chi connectivity index (χ0n) is 10.6. The minimum Gasteiger partial charge on any atom is -0.417 e. The van der Waals surface area contributed by atoms with E-state index in [-0.39, 0.29) is 37.1 Å². The Balaban J connectivity index is 0.00000200. The molecule has 7 nitrogen and oxygen atoms in total. The molecule has 0 saturated carbocycles. The minimum absolute atomic E-state index is 0. The van der Waals surface area contributed by atoms with Crippen LogP contribution in [-0.4, -0.2) is 31.1 Å². The van der Waals surface area contributed by atoms with Crippen molar-refractivity contribution in [3.63, 3.8) is 0 Å². The van der Waals surface area contributed by atoms with Gasteiger partial charge in [-0.25, -0.2) is 8.42 Å². The van der Waals surface area contributed by atoms with Crippen molar-refractivity contribution in [1.29, 1.82) is 0 Å². The molecule has 0 spiro atoms. The van der Waals surface area contributed by atoms with Gasteiger partial charge in [-0.2, -0.15) is 13.5 Å². The Morgan fingerprint density at radius 1 is 1.38 bits per heavy atom. The monoisotopic (exact) mass is 364 g/mol. The quantitative estimate of drug-likeness (QED) is 0.874. The van der Waals surface area contributed by atoms with Gasteiger partial charge in [0.25, 0.3) is 5.89 Å². The molecule has 1 unspecified atom stereocenters. The fourth-order valence-corrected chi connectivity index (χ4v) is 2.50. The SMILES string of the molecule is CS(=O)(=O)NC1(c2nnc(C(F)F)o2)C=NC=CC1.Cl.Cl. The number of nitrogens with one attached hydrogen (secondary N) is 1. The third kappa shape index (κ3) is 4.70. The Hall–Kier alpha value is -1.10. The third-order valence-electron chi connectivity index (χ3n) is 2.30. The van der Waals surface area contributed by atoms with Gasteiger partial charge in [-0.1, -0.05) is 6.08 Å². The molecule has 0 bridgehead atoms. The summed E-state index contributed by atoms with van der Waals surface area (Å²) in [6.45, 7) is 0. The lowest BCUT2D eigenvalue weighted by molar-refractivity contribution is 0.111. The molecule has 2 heterocycles. The van der Waals surface area contributed by atoms with Crippen LogP contribution in [0.2, 0.25) is 0 Å².